The fraction of sp³-hybridized carbons (Fsp3) is 0.133. The van der Waals surface area contributed by atoms with Gasteiger partial charge in [-0.3, -0.25) is 4.79 Å². The molecule has 1 aliphatic heterocycles. The molecule has 0 atom stereocenters. The fourth-order valence-electron chi connectivity index (χ4n) is 2.35. The van der Waals surface area contributed by atoms with Crippen LogP contribution in [0.25, 0.3) is 0 Å². The molecule has 0 aliphatic carbocycles. The van der Waals surface area contributed by atoms with Gasteiger partial charge in [-0.2, -0.15) is 0 Å². The van der Waals surface area contributed by atoms with Gasteiger partial charge in [0.1, 0.15) is 0 Å². The third kappa shape index (κ3) is 2.29. The van der Waals surface area contributed by atoms with Crippen molar-refractivity contribution in [2.24, 2.45) is 0 Å². The first-order chi connectivity index (χ1) is 9.13. The van der Waals surface area contributed by atoms with Crippen LogP contribution < -0.4 is 10.6 Å². The van der Waals surface area contributed by atoms with Gasteiger partial charge in [-0.1, -0.05) is 23.7 Å². The molecule has 0 fully saturated rings. The summed E-state index contributed by atoms with van der Waals surface area (Å²) in [5, 5.41) is 0.699. The van der Waals surface area contributed by atoms with Crippen LogP contribution >= 0.6 is 11.6 Å². The lowest BCUT2D eigenvalue weighted by molar-refractivity contribution is -0.117. The summed E-state index contributed by atoms with van der Waals surface area (Å²) < 4.78 is 0. The summed E-state index contributed by atoms with van der Waals surface area (Å²) in [4.78, 5) is 13.9. The van der Waals surface area contributed by atoms with Gasteiger partial charge in [-0.25, -0.2) is 0 Å². The molecular weight excluding hydrogens is 260 g/mol. The van der Waals surface area contributed by atoms with E-state index in [9.17, 15) is 4.79 Å². The molecule has 1 heterocycles. The van der Waals surface area contributed by atoms with Crippen molar-refractivity contribution in [1.29, 1.82) is 0 Å². The van der Waals surface area contributed by atoms with Gasteiger partial charge >= 0.3 is 0 Å². The lowest BCUT2D eigenvalue weighted by atomic mass is 10.1. The van der Waals surface area contributed by atoms with Gasteiger partial charge in [0.15, 0.2) is 0 Å². The molecule has 0 aromatic heterocycles. The van der Waals surface area contributed by atoms with Crippen LogP contribution in [-0.2, 0) is 17.8 Å². The van der Waals surface area contributed by atoms with E-state index in [1.807, 2.05) is 42.5 Å². The Kier molecular flexibility index (Phi) is 2.91. The minimum Gasteiger partial charge on any atom is -0.399 e. The summed E-state index contributed by atoms with van der Waals surface area (Å²) >= 11 is 5.86. The summed E-state index contributed by atoms with van der Waals surface area (Å²) in [5.74, 6) is 0.107. The van der Waals surface area contributed by atoms with Crippen LogP contribution in [0.3, 0.4) is 0 Å². The van der Waals surface area contributed by atoms with Crippen molar-refractivity contribution in [2.45, 2.75) is 13.0 Å². The SMILES string of the molecule is Nc1ccc2c(c1)CC(=O)N2Cc1ccc(Cl)cc1. The quantitative estimate of drug-likeness (QED) is 0.854. The van der Waals surface area contributed by atoms with Gasteiger partial charge in [-0.15, -0.1) is 0 Å². The van der Waals surface area contributed by atoms with E-state index in [-0.39, 0.29) is 5.91 Å². The fourth-order valence-corrected chi connectivity index (χ4v) is 2.47. The van der Waals surface area contributed by atoms with Crippen molar-refractivity contribution >= 4 is 28.9 Å². The number of nitrogens with zero attached hydrogens (tertiary/aromatic N) is 1. The predicted molar refractivity (Wildman–Crippen MR) is 77.2 cm³/mol. The second-order valence-electron chi connectivity index (χ2n) is 4.67. The molecule has 3 nitrogen and oxygen atoms in total. The molecule has 19 heavy (non-hydrogen) atoms. The Morgan fingerprint density at radius 2 is 1.89 bits per heavy atom. The largest absolute Gasteiger partial charge is 0.399 e. The molecule has 0 bridgehead atoms. The van der Waals surface area contributed by atoms with Crippen molar-refractivity contribution < 1.29 is 4.79 Å². The monoisotopic (exact) mass is 272 g/mol. The van der Waals surface area contributed by atoms with Crippen LogP contribution in [0.1, 0.15) is 11.1 Å². The molecule has 1 amide bonds. The number of carbonyl (C=O) groups excluding carboxylic acids is 1. The third-order valence-corrected chi connectivity index (χ3v) is 3.54. The third-order valence-electron chi connectivity index (χ3n) is 3.29. The highest BCUT2D eigenvalue weighted by molar-refractivity contribution is 6.30. The molecule has 2 N–H and O–H groups in total. The minimum absolute atomic E-state index is 0.107. The Balaban J connectivity index is 1.90. The Bertz CT molecular complexity index is 637. The molecule has 2 aromatic rings. The molecule has 0 unspecified atom stereocenters. The number of hydrogen-bond donors (Lipinski definition) is 1. The molecule has 0 saturated carbocycles. The molecule has 0 spiro atoms. The van der Waals surface area contributed by atoms with Crippen LogP contribution in [-0.4, -0.2) is 5.91 Å². The van der Waals surface area contributed by atoms with Crippen molar-refractivity contribution in [3.05, 3.63) is 58.6 Å². The average molecular weight is 273 g/mol. The number of hydrogen-bond acceptors (Lipinski definition) is 2. The van der Waals surface area contributed by atoms with E-state index in [4.69, 9.17) is 17.3 Å². The van der Waals surface area contributed by atoms with E-state index in [0.717, 1.165) is 16.8 Å². The molecule has 0 radical (unpaired) electrons. The first-order valence-corrected chi connectivity index (χ1v) is 6.44. The summed E-state index contributed by atoms with van der Waals surface area (Å²) in [6.07, 6.45) is 0.425. The molecule has 4 heteroatoms. The number of amides is 1. The number of anilines is 2. The summed E-state index contributed by atoms with van der Waals surface area (Å²) in [6, 6.07) is 13.1. The highest BCUT2D eigenvalue weighted by atomic mass is 35.5. The zero-order valence-corrected chi connectivity index (χ0v) is 11.0. The topological polar surface area (TPSA) is 46.3 Å². The number of fused-ring (bicyclic) bond motifs is 1. The van der Waals surface area contributed by atoms with E-state index in [1.165, 1.54) is 0 Å². The van der Waals surface area contributed by atoms with E-state index in [1.54, 1.807) is 4.90 Å². The summed E-state index contributed by atoms with van der Waals surface area (Å²) in [5.41, 5.74) is 9.45. The predicted octanol–water partition coefficient (Wildman–Crippen LogP) is 3.01. The maximum absolute atomic E-state index is 12.1. The van der Waals surface area contributed by atoms with Crippen molar-refractivity contribution in [3.63, 3.8) is 0 Å². The number of halogens is 1. The highest BCUT2D eigenvalue weighted by Crippen LogP contribution is 2.31. The highest BCUT2D eigenvalue weighted by Gasteiger charge is 2.27. The van der Waals surface area contributed by atoms with Crippen molar-refractivity contribution in [2.75, 3.05) is 10.6 Å². The standard InChI is InChI=1S/C15H13ClN2O/c16-12-3-1-10(2-4-12)9-18-14-6-5-13(17)7-11(14)8-15(18)19/h1-7H,8-9,17H2. The van der Waals surface area contributed by atoms with E-state index in [0.29, 0.717) is 23.7 Å². The van der Waals surface area contributed by atoms with E-state index < -0.39 is 0 Å². The zero-order chi connectivity index (χ0) is 13.4. The molecule has 0 saturated heterocycles. The Hall–Kier alpha value is -2.00. The van der Waals surface area contributed by atoms with E-state index in [2.05, 4.69) is 0 Å². The normalized spacial score (nSPS) is 13.7. The molecule has 1 aliphatic rings. The Morgan fingerprint density at radius 1 is 1.16 bits per heavy atom. The van der Waals surface area contributed by atoms with Gasteiger partial charge in [0.25, 0.3) is 0 Å². The second kappa shape index (κ2) is 4.59. The molecular formula is C15H13ClN2O. The van der Waals surface area contributed by atoms with Crippen LogP contribution in [0.5, 0.6) is 0 Å². The second-order valence-corrected chi connectivity index (χ2v) is 5.11. The maximum Gasteiger partial charge on any atom is 0.231 e. The summed E-state index contributed by atoms with van der Waals surface area (Å²) in [6.45, 7) is 0.562. The first kappa shape index (κ1) is 12.1. The maximum atomic E-state index is 12.1. The molecule has 96 valence electrons. The van der Waals surface area contributed by atoms with Crippen molar-refractivity contribution in [3.8, 4) is 0 Å². The minimum atomic E-state index is 0.107. The number of nitrogen functional groups attached to an aromatic ring is 1. The number of nitrogens with two attached hydrogens (primary N) is 1. The number of rotatable bonds is 2. The Labute approximate surface area is 116 Å². The average Bonchev–Trinajstić information content (AvgIpc) is 2.68. The smallest absolute Gasteiger partial charge is 0.231 e. The summed E-state index contributed by atoms with van der Waals surface area (Å²) in [7, 11) is 0. The lowest BCUT2D eigenvalue weighted by Gasteiger charge is -2.17. The van der Waals surface area contributed by atoms with Gasteiger partial charge < -0.3 is 10.6 Å². The first-order valence-electron chi connectivity index (χ1n) is 6.07. The number of carbonyl (C=O) groups is 1. The van der Waals surface area contributed by atoms with Gasteiger partial charge in [0.2, 0.25) is 5.91 Å². The molecule has 3 rings (SSSR count). The zero-order valence-electron chi connectivity index (χ0n) is 10.3. The van der Waals surface area contributed by atoms with Gasteiger partial charge in [0, 0.05) is 16.4 Å². The van der Waals surface area contributed by atoms with Gasteiger partial charge in [-0.05, 0) is 41.5 Å². The van der Waals surface area contributed by atoms with Crippen LogP contribution in [0.15, 0.2) is 42.5 Å². The van der Waals surface area contributed by atoms with E-state index >= 15 is 0 Å². The van der Waals surface area contributed by atoms with Gasteiger partial charge in [0.05, 0.1) is 13.0 Å². The Morgan fingerprint density at radius 3 is 2.63 bits per heavy atom. The number of benzene rings is 2. The van der Waals surface area contributed by atoms with Crippen molar-refractivity contribution in [1.82, 2.24) is 0 Å². The van der Waals surface area contributed by atoms with Crippen LogP contribution in [0.2, 0.25) is 5.02 Å². The van der Waals surface area contributed by atoms with Crippen LogP contribution in [0, 0.1) is 0 Å². The lowest BCUT2D eigenvalue weighted by Crippen LogP contribution is -2.25. The van der Waals surface area contributed by atoms with Crippen LogP contribution in [0.4, 0.5) is 11.4 Å². The molecule has 2 aromatic carbocycles.